The zero-order valence-electron chi connectivity index (χ0n) is 11.5. The van der Waals surface area contributed by atoms with Crippen molar-refractivity contribution in [3.63, 3.8) is 0 Å². The lowest BCUT2D eigenvalue weighted by molar-refractivity contribution is -0.127. The van der Waals surface area contributed by atoms with Gasteiger partial charge in [0, 0.05) is 10.9 Å². The maximum atomic E-state index is 11.6. The molecule has 2 rings (SSSR count). The van der Waals surface area contributed by atoms with Crippen molar-refractivity contribution >= 4 is 17.5 Å². The highest BCUT2D eigenvalue weighted by molar-refractivity contribution is 6.32. The minimum atomic E-state index is 0.165. The van der Waals surface area contributed by atoms with Gasteiger partial charge in [-0.15, -0.1) is 0 Å². The number of benzene rings is 1. The van der Waals surface area contributed by atoms with Crippen molar-refractivity contribution in [2.24, 2.45) is 5.92 Å². The van der Waals surface area contributed by atoms with E-state index in [1.165, 1.54) is 6.42 Å². The molecule has 0 saturated heterocycles. The molecule has 104 valence electrons. The van der Waals surface area contributed by atoms with Crippen LogP contribution in [-0.2, 0) is 4.79 Å². The molecule has 1 saturated carbocycles. The van der Waals surface area contributed by atoms with Crippen molar-refractivity contribution in [2.45, 2.75) is 33.1 Å². The van der Waals surface area contributed by atoms with Crippen LogP contribution in [0.4, 0.5) is 0 Å². The molecule has 0 atom stereocenters. The Bertz CT molecular complexity index is 446. The number of hydrogen-bond acceptors (Lipinski definition) is 2. The van der Waals surface area contributed by atoms with E-state index in [1.54, 1.807) is 0 Å². The van der Waals surface area contributed by atoms with Crippen molar-refractivity contribution in [1.29, 1.82) is 0 Å². The van der Waals surface area contributed by atoms with E-state index in [0.717, 1.165) is 34.7 Å². The first-order valence-electron chi connectivity index (χ1n) is 6.75. The Morgan fingerprint density at radius 3 is 2.53 bits per heavy atom. The van der Waals surface area contributed by atoms with Crippen LogP contribution >= 0.6 is 11.6 Å². The molecule has 4 heteroatoms. The first kappa shape index (κ1) is 14.2. The topological polar surface area (TPSA) is 38.3 Å². The van der Waals surface area contributed by atoms with Gasteiger partial charge < -0.3 is 10.1 Å². The molecule has 19 heavy (non-hydrogen) atoms. The third-order valence-corrected chi connectivity index (χ3v) is 4.15. The van der Waals surface area contributed by atoms with E-state index in [-0.39, 0.29) is 11.8 Å². The Morgan fingerprint density at radius 2 is 2.00 bits per heavy atom. The average molecular weight is 282 g/mol. The van der Waals surface area contributed by atoms with Crippen molar-refractivity contribution in [3.8, 4) is 5.75 Å². The fourth-order valence-electron chi connectivity index (χ4n) is 2.15. The number of carbonyl (C=O) groups is 1. The minimum absolute atomic E-state index is 0.165. The second-order valence-electron chi connectivity index (χ2n) is 5.14. The molecule has 0 heterocycles. The summed E-state index contributed by atoms with van der Waals surface area (Å²) in [4.78, 5) is 11.6. The minimum Gasteiger partial charge on any atom is -0.492 e. The maximum Gasteiger partial charge on any atom is 0.223 e. The summed E-state index contributed by atoms with van der Waals surface area (Å²) in [5.41, 5.74) is 2.02. The van der Waals surface area contributed by atoms with Crippen LogP contribution in [0.1, 0.15) is 30.4 Å². The maximum absolute atomic E-state index is 11.6. The van der Waals surface area contributed by atoms with Crippen LogP contribution in [0.15, 0.2) is 12.1 Å². The summed E-state index contributed by atoms with van der Waals surface area (Å²) in [7, 11) is 0. The van der Waals surface area contributed by atoms with Gasteiger partial charge >= 0.3 is 0 Å². The number of nitrogens with one attached hydrogen (secondary N) is 1. The van der Waals surface area contributed by atoms with Gasteiger partial charge in [-0.1, -0.05) is 18.0 Å². The Labute approximate surface area is 119 Å². The van der Waals surface area contributed by atoms with Gasteiger partial charge in [-0.2, -0.15) is 0 Å². The summed E-state index contributed by atoms with van der Waals surface area (Å²) < 4.78 is 5.63. The molecule has 1 N–H and O–H groups in total. The van der Waals surface area contributed by atoms with Crippen molar-refractivity contribution in [2.75, 3.05) is 13.2 Å². The number of rotatable bonds is 5. The van der Waals surface area contributed by atoms with Gasteiger partial charge in [0.15, 0.2) is 0 Å². The second-order valence-corrected chi connectivity index (χ2v) is 5.52. The average Bonchev–Trinajstić information content (AvgIpc) is 2.29. The van der Waals surface area contributed by atoms with Crippen molar-refractivity contribution in [1.82, 2.24) is 5.32 Å². The van der Waals surface area contributed by atoms with Crippen LogP contribution in [0, 0.1) is 19.8 Å². The zero-order chi connectivity index (χ0) is 13.8. The zero-order valence-corrected chi connectivity index (χ0v) is 12.2. The molecule has 1 amide bonds. The number of halogens is 1. The lowest BCUT2D eigenvalue weighted by atomic mass is 9.85. The van der Waals surface area contributed by atoms with Crippen molar-refractivity contribution in [3.05, 3.63) is 28.3 Å². The van der Waals surface area contributed by atoms with Crippen LogP contribution in [0.3, 0.4) is 0 Å². The van der Waals surface area contributed by atoms with E-state index in [4.69, 9.17) is 16.3 Å². The summed E-state index contributed by atoms with van der Waals surface area (Å²) in [5.74, 6) is 1.20. The SMILES string of the molecule is Cc1cc(OCCNC(=O)C2CCC2)cc(C)c1Cl. The van der Waals surface area contributed by atoms with E-state index in [1.807, 2.05) is 26.0 Å². The molecule has 1 aromatic carbocycles. The number of carbonyl (C=O) groups excluding carboxylic acids is 1. The summed E-state index contributed by atoms with van der Waals surface area (Å²) in [6, 6.07) is 3.84. The third kappa shape index (κ3) is 3.63. The molecule has 0 unspecified atom stereocenters. The molecule has 1 aromatic rings. The quantitative estimate of drug-likeness (QED) is 0.842. The molecule has 0 aliphatic heterocycles. The number of aryl methyl sites for hydroxylation is 2. The van der Waals surface area contributed by atoms with Crippen LogP contribution in [0.25, 0.3) is 0 Å². The molecule has 1 aliphatic rings. The Kier molecular flexibility index (Phi) is 4.70. The first-order valence-corrected chi connectivity index (χ1v) is 7.13. The third-order valence-electron chi connectivity index (χ3n) is 3.56. The van der Waals surface area contributed by atoms with Crippen LogP contribution < -0.4 is 10.1 Å². The van der Waals surface area contributed by atoms with E-state index >= 15 is 0 Å². The first-order chi connectivity index (χ1) is 9.08. The highest BCUT2D eigenvalue weighted by atomic mass is 35.5. The smallest absolute Gasteiger partial charge is 0.223 e. The molecule has 0 radical (unpaired) electrons. The van der Waals surface area contributed by atoms with Crippen LogP contribution in [0.2, 0.25) is 5.02 Å². The predicted molar refractivity (Wildman–Crippen MR) is 76.8 cm³/mol. The number of ether oxygens (including phenoxy) is 1. The van der Waals surface area contributed by atoms with E-state index in [0.29, 0.717) is 13.2 Å². The highest BCUT2D eigenvalue weighted by Crippen LogP contribution is 2.26. The number of hydrogen-bond donors (Lipinski definition) is 1. The van der Waals surface area contributed by atoms with Gasteiger partial charge in [-0.3, -0.25) is 4.79 Å². The van der Waals surface area contributed by atoms with Crippen LogP contribution in [0.5, 0.6) is 5.75 Å². The van der Waals surface area contributed by atoms with Crippen molar-refractivity contribution < 1.29 is 9.53 Å². The molecule has 1 aliphatic carbocycles. The Hall–Kier alpha value is -1.22. The largest absolute Gasteiger partial charge is 0.492 e. The standard InChI is InChI=1S/C15H20ClNO2/c1-10-8-13(9-11(2)14(10)16)19-7-6-17-15(18)12-4-3-5-12/h8-9,12H,3-7H2,1-2H3,(H,17,18). The van der Waals surface area contributed by atoms with Crippen LogP contribution in [-0.4, -0.2) is 19.1 Å². The lowest BCUT2D eigenvalue weighted by Gasteiger charge is -2.24. The molecule has 0 aromatic heterocycles. The van der Waals surface area contributed by atoms with Gasteiger partial charge in [0.25, 0.3) is 0 Å². The van der Waals surface area contributed by atoms with E-state index < -0.39 is 0 Å². The van der Waals surface area contributed by atoms with Gasteiger partial charge in [-0.25, -0.2) is 0 Å². The molecular weight excluding hydrogens is 262 g/mol. The fourth-order valence-corrected chi connectivity index (χ4v) is 2.26. The van der Waals surface area contributed by atoms with Gasteiger partial charge in [0.05, 0.1) is 6.54 Å². The predicted octanol–water partition coefficient (Wildman–Crippen LogP) is 3.25. The Balaban J connectivity index is 1.75. The highest BCUT2D eigenvalue weighted by Gasteiger charge is 2.24. The molecule has 0 bridgehead atoms. The molecule has 3 nitrogen and oxygen atoms in total. The Morgan fingerprint density at radius 1 is 1.37 bits per heavy atom. The normalized spacial score (nSPS) is 14.9. The van der Waals surface area contributed by atoms with E-state index in [9.17, 15) is 4.79 Å². The summed E-state index contributed by atoms with van der Waals surface area (Å²) in [6.45, 7) is 4.95. The van der Waals surface area contributed by atoms with E-state index in [2.05, 4.69) is 5.32 Å². The van der Waals surface area contributed by atoms with Gasteiger partial charge in [0.2, 0.25) is 5.91 Å². The summed E-state index contributed by atoms with van der Waals surface area (Å²) in [6.07, 6.45) is 3.24. The van der Waals surface area contributed by atoms with Gasteiger partial charge in [-0.05, 0) is 49.9 Å². The summed E-state index contributed by atoms with van der Waals surface area (Å²) in [5, 5.41) is 3.69. The van der Waals surface area contributed by atoms with Gasteiger partial charge in [0.1, 0.15) is 12.4 Å². The summed E-state index contributed by atoms with van der Waals surface area (Å²) >= 11 is 6.10. The monoisotopic (exact) mass is 281 g/mol. The molecular formula is C15H20ClNO2. The fraction of sp³-hybridized carbons (Fsp3) is 0.533. The second kappa shape index (κ2) is 6.29. The molecule has 1 fully saturated rings. The number of amides is 1. The molecule has 0 spiro atoms. The lowest BCUT2D eigenvalue weighted by Crippen LogP contribution is -2.36.